The van der Waals surface area contributed by atoms with Crippen LogP contribution in [0.4, 0.5) is 0 Å². The van der Waals surface area contributed by atoms with E-state index in [2.05, 4.69) is 10.2 Å². The zero-order valence-corrected chi connectivity index (χ0v) is 8.66. The fourth-order valence-electron chi connectivity index (χ4n) is 1.52. The summed E-state index contributed by atoms with van der Waals surface area (Å²) in [5.74, 6) is 0.0742. The quantitative estimate of drug-likeness (QED) is 0.598. The summed E-state index contributed by atoms with van der Waals surface area (Å²) in [6.45, 7) is 5.81. The normalized spacial score (nSPS) is 23.4. The molecule has 1 unspecified atom stereocenters. The Labute approximate surface area is 84.6 Å². The van der Waals surface area contributed by atoms with Crippen molar-refractivity contribution in [2.45, 2.75) is 13.0 Å². The predicted octanol–water partition coefficient (Wildman–Crippen LogP) is -1.22. The number of rotatable bonds is 4. The Bertz CT molecular complexity index is 187. The molecule has 1 fully saturated rings. The summed E-state index contributed by atoms with van der Waals surface area (Å²) < 4.78 is 5.40. The third-order valence-electron chi connectivity index (χ3n) is 2.23. The molecule has 0 spiro atoms. The molecule has 0 aromatic heterocycles. The van der Waals surface area contributed by atoms with Gasteiger partial charge in [0.2, 0.25) is 5.91 Å². The van der Waals surface area contributed by atoms with Gasteiger partial charge in [-0.05, 0) is 6.92 Å². The van der Waals surface area contributed by atoms with Crippen LogP contribution in [0.3, 0.4) is 0 Å². The molecule has 0 aliphatic carbocycles. The Hall–Kier alpha value is -0.650. The molecule has 1 amide bonds. The molecule has 14 heavy (non-hydrogen) atoms. The van der Waals surface area contributed by atoms with E-state index in [0.29, 0.717) is 26.2 Å². The predicted molar refractivity (Wildman–Crippen MR) is 53.9 cm³/mol. The maximum Gasteiger partial charge on any atom is 0.234 e. The lowest BCUT2D eigenvalue weighted by molar-refractivity contribution is -0.124. The molecule has 0 aromatic rings. The average Bonchev–Trinajstić information content (AvgIpc) is 2.18. The minimum atomic E-state index is 0.0742. The van der Waals surface area contributed by atoms with Gasteiger partial charge in [0, 0.05) is 26.2 Å². The van der Waals surface area contributed by atoms with Crippen LogP contribution in [0.2, 0.25) is 0 Å². The van der Waals surface area contributed by atoms with Crippen LogP contribution in [-0.4, -0.2) is 56.2 Å². The van der Waals surface area contributed by atoms with Crippen LogP contribution in [0.5, 0.6) is 0 Å². The molecular formula is C9H19N3O2. The van der Waals surface area contributed by atoms with Crippen LogP contribution in [-0.2, 0) is 9.53 Å². The van der Waals surface area contributed by atoms with Crippen molar-refractivity contribution in [3.8, 4) is 0 Å². The van der Waals surface area contributed by atoms with Crippen LogP contribution in [0.25, 0.3) is 0 Å². The number of carbonyl (C=O) groups is 1. The van der Waals surface area contributed by atoms with Gasteiger partial charge in [0.15, 0.2) is 0 Å². The Kier molecular flexibility index (Phi) is 4.86. The van der Waals surface area contributed by atoms with Crippen molar-refractivity contribution >= 4 is 5.91 Å². The van der Waals surface area contributed by atoms with Crippen LogP contribution in [0.1, 0.15) is 6.92 Å². The summed E-state index contributed by atoms with van der Waals surface area (Å²) >= 11 is 0. The second-order valence-corrected chi connectivity index (χ2v) is 3.42. The van der Waals surface area contributed by atoms with Crippen molar-refractivity contribution in [2.75, 3.05) is 39.3 Å². The minimum Gasteiger partial charge on any atom is -0.374 e. The van der Waals surface area contributed by atoms with E-state index in [1.165, 1.54) is 0 Å². The Morgan fingerprint density at radius 1 is 1.71 bits per heavy atom. The first-order valence-electron chi connectivity index (χ1n) is 5.07. The Morgan fingerprint density at radius 2 is 2.50 bits per heavy atom. The first kappa shape index (κ1) is 11.4. The summed E-state index contributed by atoms with van der Waals surface area (Å²) in [7, 11) is 0. The molecule has 1 aliphatic rings. The lowest BCUT2D eigenvalue weighted by Crippen LogP contribution is -2.48. The number of hydrogen-bond acceptors (Lipinski definition) is 4. The van der Waals surface area contributed by atoms with Gasteiger partial charge in [-0.2, -0.15) is 0 Å². The van der Waals surface area contributed by atoms with Crippen LogP contribution < -0.4 is 11.1 Å². The molecule has 1 aliphatic heterocycles. The van der Waals surface area contributed by atoms with Crippen molar-refractivity contribution in [1.82, 2.24) is 10.2 Å². The number of ether oxygens (including phenoxy) is 1. The average molecular weight is 201 g/mol. The Morgan fingerprint density at radius 3 is 3.14 bits per heavy atom. The summed E-state index contributed by atoms with van der Waals surface area (Å²) in [5.41, 5.74) is 5.50. The lowest BCUT2D eigenvalue weighted by atomic mass is 10.2. The van der Waals surface area contributed by atoms with Crippen LogP contribution >= 0.6 is 0 Å². The fourth-order valence-corrected chi connectivity index (χ4v) is 1.52. The molecule has 0 radical (unpaired) electrons. The van der Waals surface area contributed by atoms with E-state index >= 15 is 0 Å². The summed E-state index contributed by atoms with van der Waals surface area (Å²) in [6.07, 6.45) is 0.0816. The van der Waals surface area contributed by atoms with Gasteiger partial charge in [-0.1, -0.05) is 0 Å². The van der Waals surface area contributed by atoms with Gasteiger partial charge in [-0.3, -0.25) is 9.69 Å². The van der Waals surface area contributed by atoms with Gasteiger partial charge in [0.1, 0.15) is 0 Å². The van der Waals surface area contributed by atoms with E-state index in [1.54, 1.807) is 0 Å². The number of carbonyl (C=O) groups excluding carboxylic acids is 1. The van der Waals surface area contributed by atoms with E-state index in [-0.39, 0.29) is 12.0 Å². The van der Waals surface area contributed by atoms with E-state index in [0.717, 1.165) is 13.1 Å². The maximum absolute atomic E-state index is 11.3. The highest BCUT2D eigenvalue weighted by molar-refractivity contribution is 5.77. The zero-order valence-electron chi connectivity index (χ0n) is 8.66. The number of nitrogens with zero attached hydrogens (tertiary/aromatic N) is 1. The van der Waals surface area contributed by atoms with Gasteiger partial charge in [-0.15, -0.1) is 0 Å². The van der Waals surface area contributed by atoms with Gasteiger partial charge in [0.25, 0.3) is 0 Å². The number of nitrogens with two attached hydrogens (primary N) is 1. The molecule has 5 heteroatoms. The molecular weight excluding hydrogens is 182 g/mol. The van der Waals surface area contributed by atoms with Gasteiger partial charge >= 0.3 is 0 Å². The SMILES string of the molecule is CCNC(=O)CN1CCOC(CN)C1. The van der Waals surface area contributed by atoms with Crippen molar-refractivity contribution < 1.29 is 9.53 Å². The number of morpholine rings is 1. The van der Waals surface area contributed by atoms with E-state index < -0.39 is 0 Å². The maximum atomic E-state index is 11.3. The van der Waals surface area contributed by atoms with Crippen molar-refractivity contribution in [3.05, 3.63) is 0 Å². The van der Waals surface area contributed by atoms with Crippen molar-refractivity contribution in [1.29, 1.82) is 0 Å². The van der Waals surface area contributed by atoms with Crippen LogP contribution in [0.15, 0.2) is 0 Å². The largest absolute Gasteiger partial charge is 0.374 e. The highest BCUT2D eigenvalue weighted by Gasteiger charge is 2.20. The van der Waals surface area contributed by atoms with Gasteiger partial charge < -0.3 is 15.8 Å². The number of likely N-dealkylation sites (N-methyl/N-ethyl adjacent to an activating group) is 1. The Balaban J connectivity index is 2.26. The molecule has 0 bridgehead atoms. The molecule has 0 saturated carbocycles. The van der Waals surface area contributed by atoms with Gasteiger partial charge in [0.05, 0.1) is 19.3 Å². The minimum absolute atomic E-state index is 0.0742. The topological polar surface area (TPSA) is 67.6 Å². The first-order valence-corrected chi connectivity index (χ1v) is 5.07. The molecule has 1 atom stereocenters. The number of amides is 1. The molecule has 1 heterocycles. The van der Waals surface area contributed by atoms with E-state index in [4.69, 9.17) is 10.5 Å². The monoisotopic (exact) mass is 201 g/mol. The molecule has 0 aromatic carbocycles. The van der Waals surface area contributed by atoms with Crippen molar-refractivity contribution in [3.63, 3.8) is 0 Å². The second-order valence-electron chi connectivity index (χ2n) is 3.42. The molecule has 3 N–H and O–H groups in total. The molecule has 82 valence electrons. The molecule has 1 rings (SSSR count). The first-order chi connectivity index (χ1) is 6.76. The third kappa shape index (κ3) is 3.61. The van der Waals surface area contributed by atoms with E-state index in [9.17, 15) is 4.79 Å². The van der Waals surface area contributed by atoms with Crippen LogP contribution in [0, 0.1) is 0 Å². The smallest absolute Gasteiger partial charge is 0.234 e. The molecule has 5 nitrogen and oxygen atoms in total. The standard InChI is InChI=1S/C9H19N3O2/c1-2-11-9(13)7-12-3-4-14-8(5-10)6-12/h8H,2-7,10H2,1H3,(H,11,13). The number of hydrogen-bond donors (Lipinski definition) is 2. The molecule has 1 saturated heterocycles. The summed E-state index contributed by atoms with van der Waals surface area (Å²) in [5, 5.41) is 2.77. The number of nitrogens with one attached hydrogen (secondary N) is 1. The summed E-state index contributed by atoms with van der Waals surface area (Å²) in [6, 6.07) is 0. The fraction of sp³-hybridized carbons (Fsp3) is 0.889. The van der Waals surface area contributed by atoms with Gasteiger partial charge in [-0.25, -0.2) is 0 Å². The zero-order chi connectivity index (χ0) is 10.4. The van der Waals surface area contributed by atoms with E-state index in [1.807, 2.05) is 6.92 Å². The third-order valence-corrected chi connectivity index (χ3v) is 2.23. The second kappa shape index (κ2) is 5.95. The summed E-state index contributed by atoms with van der Waals surface area (Å²) in [4.78, 5) is 13.4. The lowest BCUT2D eigenvalue weighted by Gasteiger charge is -2.31. The highest BCUT2D eigenvalue weighted by atomic mass is 16.5. The van der Waals surface area contributed by atoms with Crippen molar-refractivity contribution in [2.24, 2.45) is 5.73 Å². The highest BCUT2D eigenvalue weighted by Crippen LogP contribution is 2.02.